The highest BCUT2D eigenvalue weighted by Crippen LogP contribution is 2.22. The Kier molecular flexibility index (Phi) is 4.15. The summed E-state index contributed by atoms with van der Waals surface area (Å²) in [7, 11) is 0. The number of hydrogen-bond donors (Lipinski definition) is 1. The zero-order chi connectivity index (χ0) is 10.6. The molecule has 0 heterocycles. The van der Waals surface area contributed by atoms with Gasteiger partial charge in [-0.05, 0) is 37.0 Å². The van der Waals surface area contributed by atoms with Crippen molar-refractivity contribution in [1.82, 2.24) is 0 Å². The number of nitrogens with two attached hydrogens (primary N) is 1. The monoisotopic (exact) mass is 191 g/mol. The molecule has 0 unspecified atom stereocenters. The fraction of sp³-hybridized carbons (Fsp3) is 0.538. The SMILES string of the molecule is CCCC[C@H](N)c1cccc(C)c1C. The van der Waals surface area contributed by atoms with E-state index >= 15 is 0 Å². The lowest BCUT2D eigenvalue weighted by Crippen LogP contribution is -2.12. The van der Waals surface area contributed by atoms with Crippen molar-refractivity contribution in [2.75, 3.05) is 0 Å². The molecule has 0 amide bonds. The zero-order valence-electron chi connectivity index (χ0n) is 9.51. The maximum absolute atomic E-state index is 6.15. The number of rotatable bonds is 4. The van der Waals surface area contributed by atoms with Crippen LogP contribution in [0.5, 0.6) is 0 Å². The molecule has 0 fully saturated rings. The number of hydrogen-bond acceptors (Lipinski definition) is 1. The number of benzene rings is 1. The van der Waals surface area contributed by atoms with Gasteiger partial charge in [-0.15, -0.1) is 0 Å². The van der Waals surface area contributed by atoms with Crippen LogP contribution < -0.4 is 5.73 Å². The molecule has 1 aromatic carbocycles. The van der Waals surface area contributed by atoms with Gasteiger partial charge in [0.25, 0.3) is 0 Å². The van der Waals surface area contributed by atoms with Crippen LogP contribution in [0.3, 0.4) is 0 Å². The Labute approximate surface area is 87.3 Å². The van der Waals surface area contributed by atoms with Crippen LogP contribution in [0.25, 0.3) is 0 Å². The first kappa shape index (κ1) is 11.3. The van der Waals surface area contributed by atoms with E-state index < -0.39 is 0 Å². The molecule has 1 atom stereocenters. The van der Waals surface area contributed by atoms with Crippen LogP contribution in [0, 0.1) is 13.8 Å². The van der Waals surface area contributed by atoms with Gasteiger partial charge in [-0.25, -0.2) is 0 Å². The van der Waals surface area contributed by atoms with Crippen molar-refractivity contribution in [3.05, 3.63) is 34.9 Å². The molecule has 0 radical (unpaired) electrons. The van der Waals surface area contributed by atoms with Gasteiger partial charge in [-0.2, -0.15) is 0 Å². The molecule has 1 heteroatoms. The lowest BCUT2D eigenvalue weighted by molar-refractivity contribution is 0.600. The van der Waals surface area contributed by atoms with Gasteiger partial charge in [0, 0.05) is 6.04 Å². The average molecular weight is 191 g/mol. The summed E-state index contributed by atoms with van der Waals surface area (Å²) >= 11 is 0. The summed E-state index contributed by atoms with van der Waals surface area (Å²) in [6.45, 7) is 6.51. The molecule has 1 nitrogen and oxygen atoms in total. The summed E-state index contributed by atoms with van der Waals surface area (Å²) in [4.78, 5) is 0. The standard InChI is InChI=1S/C13H21N/c1-4-5-9-13(14)12-8-6-7-10(2)11(12)3/h6-8,13H,4-5,9,14H2,1-3H3/t13-/m0/s1. The van der Waals surface area contributed by atoms with Gasteiger partial charge >= 0.3 is 0 Å². The summed E-state index contributed by atoms with van der Waals surface area (Å²) in [6, 6.07) is 6.62. The lowest BCUT2D eigenvalue weighted by atomic mass is 9.95. The number of unbranched alkanes of at least 4 members (excludes halogenated alkanes) is 1. The first-order chi connectivity index (χ1) is 6.66. The third-order valence-electron chi connectivity index (χ3n) is 2.91. The maximum atomic E-state index is 6.15. The Hall–Kier alpha value is -0.820. The number of aryl methyl sites for hydroxylation is 1. The third kappa shape index (κ3) is 2.58. The van der Waals surface area contributed by atoms with Crippen LogP contribution in [0.2, 0.25) is 0 Å². The molecule has 2 N–H and O–H groups in total. The Morgan fingerprint density at radius 1 is 1.29 bits per heavy atom. The van der Waals surface area contributed by atoms with Crippen molar-refractivity contribution in [3.8, 4) is 0 Å². The fourth-order valence-corrected chi connectivity index (χ4v) is 1.76. The molecule has 78 valence electrons. The van der Waals surface area contributed by atoms with E-state index in [4.69, 9.17) is 5.73 Å². The highest BCUT2D eigenvalue weighted by atomic mass is 14.6. The third-order valence-corrected chi connectivity index (χ3v) is 2.91. The Morgan fingerprint density at radius 2 is 2.00 bits per heavy atom. The predicted octanol–water partition coefficient (Wildman–Crippen LogP) is 3.49. The van der Waals surface area contributed by atoms with Crippen LogP contribution in [-0.4, -0.2) is 0 Å². The van der Waals surface area contributed by atoms with E-state index in [1.54, 1.807) is 0 Å². The Bertz CT molecular complexity index is 291. The lowest BCUT2D eigenvalue weighted by Gasteiger charge is -2.15. The summed E-state index contributed by atoms with van der Waals surface area (Å²) in [6.07, 6.45) is 3.54. The second-order valence-electron chi connectivity index (χ2n) is 4.04. The van der Waals surface area contributed by atoms with Crippen LogP contribution in [0.4, 0.5) is 0 Å². The second-order valence-corrected chi connectivity index (χ2v) is 4.04. The van der Waals surface area contributed by atoms with Gasteiger partial charge in [-0.3, -0.25) is 0 Å². The van der Waals surface area contributed by atoms with E-state index in [1.165, 1.54) is 29.5 Å². The van der Waals surface area contributed by atoms with Gasteiger partial charge in [0.2, 0.25) is 0 Å². The van der Waals surface area contributed by atoms with Crippen molar-refractivity contribution >= 4 is 0 Å². The highest BCUT2D eigenvalue weighted by Gasteiger charge is 2.08. The molecule has 0 saturated carbocycles. The summed E-state index contributed by atoms with van der Waals surface area (Å²) in [5.74, 6) is 0. The van der Waals surface area contributed by atoms with E-state index in [9.17, 15) is 0 Å². The molecular weight excluding hydrogens is 170 g/mol. The predicted molar refractivity (Wildman–Crippen MR) is 62.4 cm³/mol. The van der Waals surface area contributed by atoms with Gasteiger partial charge in [0.05, 0.1) is 0 Å². The molecular formula is C13H21N. The Morgan fingerprint density at radius 3 is 2.64 bits per heavy atom. The van der Waals surface area contributed by atoms with E-state index in [-0.39, 0.29) is 6.04 Å². The molecule has 0 spiro atoms. The van der Waals surface area contributed by atoms with E-state index in [2.05, 4.69) is 39.0 Å². The minimum Gasteiger partial charge on any atom is -0.324 e. The summed E-state index contributed by atoms with van der Waals surface area (Å²) in [5, 5.41) is 0. The van der Waals surface area contributed by atoms with Crippen molar-refractivity contribution in [2.24, 2.45) is 5.73 Å². The van der Waals surface area contributed by atoms with Crippen LogP contribution in [0.1, 0.15) is 48.9 Å². The molecule has 0 aliphatic heterocycles. The minimum atomic E-state index is 0.217. The van der Waals surface area contributed by atoms with Gasteiger partial charge < -0.3 is 5.73 Å². The second kappa shape index (κ2) is 5.16. The van der Waals surface area contributed by atoms with Crippen LogP contribution in [0.15, 0.2) is 18.2 Å². The summed E-state index contributed by atoms with van der Waals surface area (Å²) < 4.78 is 0. The fourth-order valence-electron chi connectivity index (χ4n) is 1.76. The van der Waals surface area contributed by atoms with Gasteiger partial charge in [0.15, 0.2) is 0 Å². The first-order valence-corrected chi connectivity index (χ1v) is 5.48. The van der Waals surface area contributed by atoms with Crippen LogP contribution in [-0.2, 0) is 0 Å². The topological polar surface area (TPSA) is 26.0 Å². The van der Waals surface area contributed by atoms with Crippen LogP contribution >= 0.6 is 0 Å². The largest absolute Gasteiger partial charge is 0.324 e. The minimum absolute atomic E-state index is 0.217. The van der Waals surface area contributed by atoms with E-state index in [0.29, 0.717) is 0 Å². The quantitative estimate of drug-likeness (QED) is 0.774. The van der Waals surface area contributed by atoms with Gasteiger partial charge in [0.1, 0.15) is 0 Å². The van der Waals surface area contributed by atoms with Gasteiger partial charge in [-0.1, -0.05) is 38.0 Å². The molecule has 1 rings (SSSR count). The Balaban J connectivity index is 2.79. The molecule has 0 aromatic heterocycles. The van der Waals surface area contributed by atoms with Crippen molar-refractivity contribution in [1.29, 1.82) is 0 Å². The highest BCUT2D eigenvalue weighted by molar-refractivity contribution is 5.35. The summed E-state index contributed by atoms with van der Waals surface area (Å²) in [5.41, 5.74) is 10.2. The molecule has 0 bridgehead atoms. The van der Waals surface area contributed by atoms with E-state index in [1.807, 2.05) is 0 Å². The zero-order valence-corrected chi connectivity index (χ0v) is 9.51. The molecule has 0 saturated heterocycles. The van der Waals surface area contributed by atoms with Crippen molar-refractivity contribution < 1.29 is 0 Å². The average Bonchev–Trinajstić information content (AvgIpc) is 2.18. The van der Waals surface area contributed by atoms with Crippen molar-refractivity contribution in [3.63, 3.8) is 0 Å². The molecule has 0 aliphatic carbocycles. The molecule has 14 heavy (non-hydrogen) atoms. The smallest absolute Gasteiger partial charge is 0.0297 e. The first-order valence-electron chi connectivity index (χ1n) is 5.48. The van der Waals surface area contributed by atoms with Crippen molar-refractivity contribution in [2.45, 2.75) is 46.1 Å². The van der Waals surface area contributed by atoms with E-state index in [0.717, 1.165) is 6.42 Å². The molecule has 0 aliphatic rings. The molecule has 1 aromatic rings. The normalized spacial score (nSPS) is 12.9. The maximum Gasteiger partial charge on any atom is 0.0297 e.